The molecule has 1 saturated heterocycles. The van der Waals surface area contributed by atoms with Crippen molar-refractivity contribution in [3.63, 3.8) is 0 Å². The topological polar surface area (TPSA) is 158 Å². The van der Waals surface area contributed by atoms with Gasteiger partial charge in [0.15, 0.2) is 11.0 Å². The van der Waals surface area contributed by atoms with E-state index in [9.17, 15) is 14.7 Å². The Kier molecular flexibility index (Phi) is 9.43. The molecular formula is C18H23AcN6O3S-. The van der Waals surface area contributed by atoms with E-state index < -0.39 is 18.2 Å². The summed E-state index contributed by atoms with van der Waals surface area (Å²) in [6, 6.07) is 6.09. The van der Waals surface area contributed by atoms with Gasteiger partial charge in [-0.1, -0.05) is 18.2 Å². The number of amides is 1. The first-order valence-electron chi connectivity index (χ1n) is 9.04. The van der Waals surface area contributed by atoms with Crippen LogP contribution >= 0.6 is 11.3 Å². The van der Waals surface area contributed by atoms with E-state index in [0.717, 1.165) is 10.2 Å². The summed E-state index contributed by atoms with van der Waals surface area (Å²) < 4.78 is 0.908. The van der Waals surface area contributed by atoms with Gasteiger partial charge in [0.25, 0.3) is 0 Å². The van der Waals surface area contributed by atoms with Gasteiger partial charge in [0.05, 0.1) is 16.3 Å². The third kappa shape index (κ3) is 6.69. The van der Waals surface area contributed by atoms with Crippen LogP contribution in [0.5, 0.6) is 0 Å². The number of nitrogens with one attached hydrogen (secondary N) is 1. The SMILES string of the molecule is NC(N)=NCCCC(NC(=O)C1CC(O)C[N-]1)C(=O)c1nc2ccccc2s1.[Ac]. The van der Waals surface area contributed by atoms with Crippen LogP contribution in [0.15, 0.2) is 29.3 Å². The van der Waals surface area contributed by atoms with Crippen LogP contribution < -0.4 is 16.8 Å². The van der Waals surface area contributed by atoms with Crippen LogP contribution in [0.1, 0.15) is 29.1 Å². The van der Waals surface area contributed by atoms with Crippen molar-refractivity contribution in [1.29, 1.82) is 0 Å². The van der Waals surface area contributed by atoms with Gasteiger partial charge in [-0.2, -0.15) is 0 Å². The van der Waals surface area contributed by atoms with Gasteiger partial charge in [-0.25, -0.2) is 4.98 Å². The van der Waals surface area contributed by atoms with Crippen LogP contribution in [0.25, 0.3) is 15.5 Å². The van der Waals surface area contributed by atoms with Gasteiger partial charge >= 0.3 is 0 Å². The van der Waals surface area contributed by atoms with Gasteiger partial charge in [-0.05, 0) is 31.4 Å². The summed E-state index contributed by atoms with van der Waals surface area (Å²) in [6.07, 6.45) is 0.536. The number of hydrogen-bond acceptors (Lipinski definition) is 6. The molecule has 29 heavy (non-hydrogen) atoms. The Morgan fingerprint density at radius 1 is 1.38 bits per heavy atom. The second kappa shape index (κ2) is 11.3. The van der Waals surface area contributed by atoms with Crippen LogP contribution in [0.3, 0.4) is 0 Å². The van der Waals surface area contributed by atoms with Gasteiger partial charge in [0.1, 0.15) is 0 Å². The third-order valence-corrected chi connectivity index (χ3v) is 5.47. The van der Waals surface area contributed by atoms with E-state index in [1.54, 1.807) is 0 Å². The molecule has 1 radical (unpaired) electrons. The van der Waals surface area contributed by atoms with Gasteiger partial charge in [-0.3, -0.25) is 14.6 Å². The zero-order valence-corrected chi connectivity index (χ0v) is 21.4. The number of benzene rings is 1. The summed E-state index contributed by atoms with van der Waals surface area (Å²) >= 11 is 1.29. The molecule has 1 aliphatic heterocycles. The Hall–Kier alpha value is -1.12. The predicted octanol–water partition coefficient (Wildman–Crippen LogP) is 0.524. The normalized spacial score (nSPS) is 19.3. The van der Waals surface area contributed by atoms with Crippen molar-refractivity contribution in [3.05, 3.63) is 34.6 Å². The summed E-state index contributed by atoms with van der Waals surface area (Å²) in [7, 11) is 0. The zero-order valence-electron chi connectivity index (χ0n) is 15.8. The first-order valence-corrected chi connectivity index (χ1v) is 9.86. The Bertz CT molecular complexity index is 852. The molecule has 0 bridgehead atoms. The van der Waals surface area contributed by atoms with E-state index in [-0.39, 0.29) is 74.7 Å². The minimum atomic E-state index is -0.754. The molecule has 1 aromatic heterocycles. The number of fused-ring (bicyclic) bond motifs is 1. The largest absolute Gasteiger partial charge is 0.650 e. The van der Waals surface area contributed by atoms with Crippen molar-refractivity contribution in [2.75, 3.05) is 13.1 Å². The fourth-order valence-corrected chi connectivity index (χ4v) is 3.97. The van der Waals surface area contributed by atoms with Crippen molar-refractivity contribution >= 4 is 39.2 Å². The number of carbonyl (C=O) groups excluding carboxylic acids is 2. The molecule has 3 unspecified atom stereocenters. The van der Waals surface area contributed by atoms with E-state index in [1.165, 1.54) is 11.3 Å². The Labute approximate surface area is 208 Å². The molecule has 2 aromatic rings. The van der Waals surface area contributed by atoms with E-state index in [0.29, 0.717) is 24.4 Å². The van der Waals surface area contributed by atoms with Crippen LogP contribution in [-0.4, -0.2) is 59.0 Å². The molecule has 6 N–H and O–H groups in total. The van der Waals surface area contributed by atoms with Crippen LogP contribution in [-0.2, 0) is 4.79 Å². The van der Waals surface area contributed by atoms with Gasteiger partial charge in [0, 0.05) is 56.7 Å². The minimum absolute atomic E-state index is 0. The monoisotopic (exact) mass is 630 g/mol. The van der Waals surface area contributed by atoms with E-state index in [1.807, 2.05) is 24.3 Å². The number of para-hydroxylation sites is 1. The number of guanidine groups is 1. The van der Waals surface area contributed by atoms with Crippen LogP contribution in [0.2, 0.25) is 0 Å². The Morgan fingerprint density at radius 3 is 2.79 bits per heavy atom. The first-order chi connectivity index (χ1) is 13.4. The number of ketones is 1. The zero-order chi connectivity index (χ0) is 20.1. The number of aliphatic hydroxyl groups is 1. The summed E-state index contributed by atoms with van der Waals surface area (Å²) in [6.45, 7) is 0.591. The molecule has 0 aliphatic carbocycles. The molecule has 1 fully saturated rings. The Balaban J connectivity index is 0.00000300. The van der Waals surface area contributed by atoms with Gasteiger partial charge in [0.2, 0.25) is 11.7 Å². The number of Topliss-reactive ketones (excluding diaryl/α,β-unsaturated/α-hetero) is 1. The maximum absolute atomic E-state index is 13.0. The number of hydrogen-bond donors (Lipinski definition) is 4. The Morgan fingerprint density at radius 2 is 2.14 bits per heavy atom. The molecule has 153 valence electrons. The molecule has 1 aliphatic rings. The molecule has 0 saturated carbocycles. The summed E-state index contributed by atoms with van der Waals surface area (Å²) in [5.74, 6) is -0.632. The third-order valence-electron chi connectivity index (χ3n) is 4.42. The molecule has 3 atom stereocenters. The van der Waals surface area contributed by atoms with Gasteiger partial charge < -0.3 is 27.2 Å². The van der Waals surface area contributed by atoms with Crippen LogP contribution in [0.4, 0.5) is 0 Å². The fraction of sp³-hybridized carbons (Fsp3) is 0.444. The van der Waals surface area contributed by atoms with Crippen molar-refractivity contribution in [2.24, 2.45) is 16.5 Å². The summed E-state index contributed by atoms with van der Waals surface area (Å²) in [4.78, 5) is 33.8. The van der Waals surface area contributed by atoms with Crippen molar-refractivity contribution in [2.45, 2.75) is 37.5 Å². The van der Waals surface area contributed by atoms with E-state index >= 15 is 0 Å². The van der Waals surface area contributed by atoms with E-state index in [4.69, 9.17) is 11.5 Å². The number of aromatic nitrogens is 1. The molecule has 0 spiro atoms. The summed E-state index contributed by atoms with van der Waals surface area (Å²) in [5, 5.41) is 16.8. The second-order valence-electron chi connectivity index (χ2n) is 6.63. The van der Waals surface area contributed by atoms with E-state index in [2.05, 4.69) is 20.6 Å². The standard InChI is InChI=1S/C18H23N6O3S.Ac/c19-18(20)21-7-3-5-12(23-16(27)13-8-10(25)9-22-13)15(26)17-24-11-4-1-2-6-14(11)28-17;/h1-2,4,6,10,12-13,25H,3,5,7-9H2,(H,23,27)(H4,19,20,21);/q-1;. The quantitative estimate of drug-likeness (QED) is 0.144. The molecule has 3 rings (SSSR count). The van der Waals surface area contributed by atoms with Crippen molar-refractivity contribution in [1.82, 2.24) is 10.3 Å². The number of rotatable bonds is 8. The number of nitrogens with zero attached hydrogens (tertiary/aromatic N) is 3. The van der Waals surface area contributed by atoms with Crippen LogP contribution in [0, 0.1) is 44.1 Å². The number of nitrogens with two attached hydrogens (primary N) is 2. The summed E-state index contributed by atoms with van der Waals surface area (Å²) in [5.41, 5.74) is 11.4. The minimum Gasteiger partial charge on any atom is -0.650 e. The molecule has 1 amide bonds. The number of aliphatic hydroxyl groups excluding tert-OH is 1. The first kappa shape index (κ1) is 24.2. The smallest absolute Gasteiger partial charge is 0.213 e. The van der Waals surface area contributed by atoms with Crippen molar-refractivity contribution < 1.29 is 58.8 Å². The second-order valence-corrected chi connectivity index (χ2v) is 7.66. The molecule has 1 aromatic carbocycles. The average molecular weight is 630 g/mol. The maximum Gasteiger partial charge on any atom is 0.213 e. The number of aliphatic imine (C=N–C) groups is 1. The maximum atomic E-state index is 13.0. The average Bonchev–Trinajstić information content (AvgIpc) is 3.29. The van der Waals surface area contributed by atoms with Crippen molar-refractivity contribution in [3.8, 4) is 0 Å². The molecular weight excluding hydrogens is 607 g/mol. The number of carbonyl (C=O) groups is 2. The predicted molar refractivity (Wildman–Crippen MR) is 108 cm³/mol. The molecule has 2 heterocycles. The number of thiazole rings is 1. The molecule has 11 heteroatoms. The fourth-order valence-electron chi connectivity index (χ4n) is 3.01. The molecule has 9 nitrogen and oxygen atoms in total. The van der Waals surface area contributed by atoms with Gasteiger partial charge in [-0.15, -0.1) is 17.9 Å².